The van der Waals surface area contributed by atoms with Gasteiger partial charge < -0.3 is 20.5 Å². The van der Waals surface area contributed by atoms with Crippen LogP contribution in [0.3, 0.4) is 0 Å². The van der Waals surface area contributed by atoms with E-state index in [0.29, 0.717) is 24.6 Å². The van der Waals surface area contributed by atoms with E-state index in [0.717, 1.165) is 6.42 Å². The number of hydrogen-bond donors (Lipinski definition) is 3. The van der Waals surface area contributed by atoms with E-state index in [2.05, 4.69) is 51.6 Å². The molecule has 0 saturated carbocycles. The summed E-state index contributed by atoms with van der Waals surface area (Å²) in [5.41, 5.74) is 3.05. The van der Waals surface area contributed by atoms with Crippen LogP contribution in [0.25, 0.3) is 0 Å². The number of ether oxygens (including phenoxy) is 1. The second kappa shape index (κ2) is 11.2. The number of halogens is 2. The summed E-state index contributed by atoms with van der Waals surface area (Å²) in [5, 5.41) is 16.7. The van der Waals surface area contributed by atoms with Crippen LogP contribution in [0, 0.1) is 6.92 Å². The number of rotatable bonds is 9. The number of aliphatic hydroxyl groups is 1. The molecule has 0 spiro atoms. The number of hydrogen-bond acceptors (Lipinski definition) is 3. The zero-order valence-corrected chi connectivity index (χ0v) is 16.2. The molecule has 0 bridgehead atoms. The van der Waals surface area contributed by atoms with Gasteiger partial charge in [-0.1, -0.05) is 42.0 Å². The van der Waals surface area contributed by atoms with E-state index in [-0.39, 0.29) is 12.3 Å². The van der Waals surface area contributed by atoms with Crippen molar-refractivity contribution in [1.29, 1.82) is 0 Å². The summed E-state index contributed by atoms with van der Waals surface area (Å²) in [5.74, 6) is 0.673. The number of nitrogens with one attached hydrogen (secondary N) is 2. The molecular weight excluding hydrogens is 364 g/mol. The second-order valence-corrected chi connectivity index (χ2v) is 6.35. The number of benzene rings is 2. The highest BCUT2D eigenvalue weighted by Gasteiger charge is 2.09. The average Bonchev–Trinajstić information content (AvgIpc) is 2.67. The Morgan fingerprint density at radius 2 is 1.75 bits per heavy atom. The topological polar surface area (TPSA) is 65.9 Å². The van der Waals surface area contributed by atoms with E-state index >= 15 is 0 Å². The summed E-state index contributed by atoms with van der Waals surface area (Å²) >= 11 is 0. The Bertz CT molecular complexity index is 734. The minimum Gasteiger partial charge on any atom is -0.435 e. The number of aliphatic hydroxyl groups excluding tert-OH is 1. The van der Waals surface area contributed by atoms with Crippen LogP contribution in [0.1, 0.15) is 29.7 Å². The normalized spacial score (nSPS) is 12.7. The maximum Gasteiger partial charge on any atom is 0.387 e. The molecule has 0 saturated heterocycles. The van der Waals surface area contributed by atoms with E-state index in [1.807, 2.05) is 6.92 Å². The van der Waals surface area contributed by atoms with Gasteiger partial charge in [-0.2, -0.15) is 8.78 Å². The molecule has 1 atom stereocenters. The van der Waals surface area contributed by atoms with Gasteiger partial charge in [-0.25, -0.2) is 0 Å². The highest BCUT2D eigenvalue weighted by Crippen LogP contribution is 2.19. The van der Waals surface area contributed by atoms with E-state index in [4.69, 9.17) is 0 Å². The Labute approximate surface area is 164 Å². The van der Waals surface area contributed by atoms with Gasteiger partial charge in [-0.3, -0.25) is 4.99 Å². The van der Waals surface area contributed by atoms with Crippen molar-refractivity contribution in [2.24, 2.45) is 4.99 Å². The predicted octanol–water partition coefficient (Wildman–Crippen LogP) is 3.43. The van der Waals surface area contributed by atoms with Gasteiger partial charge in [0.2, 0.25) is 0 Å². The van der Waals surface area contributed by atoms with E-state index < -0.39 is 12.7 Å². The first-order chi connectivity index (χ1) is 13.5. The first-order valence-electron chi connectivity index (χ1n) is 9.28. The third kappa shape index (κ3) is 7.52. The lowest BCUT2D eigenvalue weighted by Crippen LogP contribution is -2.38. The van der Waals surface area contributed by atoms with Crippen molar-refractivity contribution < 1.29 is 18.6 Å². The van der Waals surface area contributed by atoms with E-state index in [1.54, 1.807) is 12.1 Å². The Morgan fingerprint density at radius 3 is 2.36 bits per heavy atom. The van der Waals surface area contributed by atoms with Crippen LogP contribution in [-0.4, -0.2) is 37.3 Å². The molecule has 152 valence electrons. The van der Waals surface area contributed by atoms with Crippen molar-refractivity contribution >= 4 is 5.96 Å². The first-order valence-corrected chi connectivity index (χ1v) is 9.28. The summed E-state index contributed by atoms with van der Waals surface area (Å²) in [6.45, 7) is 2.72. The van der Waals surface area contributed by atoms with Crippen molar-refractivity contribution in [2.75, 3.05) is 19.6 Å². The third-order valence-corrected chi connectivity index (χ3v) is 4.08. The lowest BCUT2D eigenvalue weighted by molar-refractivity contribution is -0.0498. The monoisotopic (exact) mass is 391 g/mol. The fourth-order valence-corrected chi connectivity index (χ4v) is 2.58. The second-order valence-electron chi connectivity index (χ2n) is 6.35. The van der Waals surface area contributed by atoms with Gasteiger partial charge in [-0.05, 0) is 43.5 Å². The standard InChI is InChI=1S/C21H27F2N3O2/c1-3-24-21(25-13-12-16-6-4-15(2)5-7-16)26-14-19(27)17-8-10-18(11-9-17)28-20(22)23/h4-11,19-20,27H,3,12-14H2,1-2H3,(H2,24,25,26). The van der Waals surface area contributed by atoms with Gasteiger partial charge in [0.25, 0.3) is 0 Å². The maximum atomic E-state index is 12.2. The Kier molecular flexibility index (Phi) is 8.68. The Hall–Kier alpha value is -2.67. The Morgan fingerprint density at radius 1 is 1.07 bits per heavy atom. The molecule has 2 aromatic carbocycles. The Balaban J connectivity index is 1.87. The molecule has 5 nitrogen and oxygen atoms in total. The largest absolute Gasteiger partial charge is 0.435 e. The van der Waals surface area contributed by atoms with Crippen LogP contribution in [-0.2, 0) is 6.42 Å². The molecule has 0 fully saturated rings. The SMILES string of the molecule is CCNC(=NCC(O)c1ccc(OC(F)F)cc1)NCCc1ccc(C)cc1. The van der Waals surface area contributed by atoms with Gasteiger partial charge >= 0.3 is 6.61 Å². The number of nitrogens with zero attached hydrogens (tertiary/aromatic N) is 1. The lowest BCUT2D eigenvalue weighted by atomic mass is 10.1. The molecule has 0 aliphatic carbocycles. The van der Waals surface area contributed by atoms with Crippen LogP contribution < -0.4 is 15.4 Å². The minimum absolute atomic E-state index is 0.0561. The molecule has 0 amide bonds. The molecule has 2 rings (SSSR count). The zero-order chi connectivity index (χ0) is 20.4. The van der Waals surface area contributed by atoms with E-state index in [9.17, 15) is 13.9 Å². The number of aliphatic imine (C=N–C) groups is 1. The maximum absolute atomic E-state index is 12.2. The molecule has 2 aromatic rings. The van der Waals surface area contributed by atoms with Crippen LogP contribution in [0.2, 0.25) is 0 Å². The number of alkyl halides is 2. The molecule has 0 aliphatic heterocycles. The van der Waals surface area contributed by atoms with Crippen molar-refractivity contribution in [1.82, 2.24) is 10.6 Å². The summed E-state index contributed by atoms with van der Waals surface area (Å²) in [6.07, 6.45) is 0.0203. The van der Waals surface area contributed by atoms with Gasteiger partial charge in [0, 0.05) is 13.1 Å². The fourth-order valence-electron chi connectivity index (χ4n) is 2.58. The summed E-state index contributed by atoms with van der Waals surface area (Å²) in [4.78, 5) is 4.40. The number of aryl methyl sites for hydroxylation is 1. The fraction of sp³-hybridized carbons (Fsp3) is 0.381. The lowest BCUT2D eigenvalue weighted by Gasteiger charge is -2.14. The van der Waals surface area contributed by atoms with Gasteiger partial charge in [-0.15, -0.1) is 0 Å². The average molecular weight is 391 g/mol. The van der Waals surface area contributed by atoms with Crippen LogP contribution in [0.15, 0.2) is 53.5 Å². The number of guanidine groups is 1. The molecule has 0 aliphatic rings. The molecule has 1 unspecified atom stereocenters. The molecule has 0 radical (unpaired) electrons. The van der Waals surface area contributed by atoms with Crippen molar-refractivity contribution in [3.63, 3.8) is 0 Å². The van der Waals surface area contributed by atoms with Crippen LogP contribution in [0.4, 0.5) is 8.78 Å². The smallest absolute Gasteiger partial charge is 0.387 e. The minimum atomic E-state index is -2.87. The molecule has 7 heteroatoms. The molecular formula is C21H27F2N3O2. The molecule has 0 aromatic heterocycles. The molecule has 0 heterocycles. The van der Waals surface area contributed by atoms with Crippen molar-refractivity contribution in [3.05, 3.63) is 65.2 Å². The summed E-state index contributed by atoms with van der Waals surface area (Å²) < 4.78 is 28.7. The molecule has 28 heavy (non-hydrogen) atoms. The highest BCUT2D eigenvalue weighted by molar-refractivity contribution is 5.79. The van der Waals surface area contributed by atoms with Gasteiger partial charge in [0.05, 0.1) is 12.6 Å². The predicted molar refractivity (Wildman–Crippen MR) is 107 cm³/mol. The highest BCUT2D eigenvalue weighted by atomic mass is 19.3. The van der Waals surface area contributed by atoms with E-state index in [1.165, 1.54) is 23.3 Å². The summed E-state index contributed by atoms with van der Waals surface area (Å²) in [6, 6.07) is 14.3. The summed E-state index contributed by atoms with van der Waals surface area (Å²) in [7, 11) is 0. The first kappa shape index (κ1) is 21.6. The van der Waals surface area contributed by atoms with Gasteiger partial charge in [0.1, 0.15) is 5.75 Å². The van der Waals surface area contributed by atoms with Crippen molar-refractivity contribution in [3.8, 4) is 5.75 Å². The third-order valence-electron chi connectivity index (χ3n) is 4.08. The van der Waals surface area contributed by atoms with Crippen molar-refractivity contribution in [2.45, 2.75) is 33.0 Å². The molecule has 3 N–H and O–H groups in total. The van der Waals surface area contributed by atoms with Crippen LogP contribution in [0.5, 0.6) is 5.75 Å². The zero-order valence-electron chi connectivity index (χ0n) is 16.2. The van der Waals surface area contributed by atoms with Crippen LogP contribution >= 0.6 is 0 Å². The quantitative estimate of drug-likeness (QED) is 0.453. The van der Waals surface area contributed by atoms with Gasteiger partial charge in [0.15, 0.2) is 5.96 Å².